The maximum atomic E-state index is 5.81. The summed E-state index contributed by atoms with van der Waals surface area (Å²) in [7, 11) is 0. The van der Waals surface area contributed by atoms with E-state index in [-0.39, 0.29) is 0 Å². The van der Waals surface area contributed by atoms with E-state index in [1.165, 1.54) is 25.7 Å². The van der Waals surface area contributed by atoms with Crippen LogP contribution in [-0.2, 0) is 4.74 Å². The Morgan fingerprint density at radius 3 is 2.36 bits per heavy atom. The molecule has 1 aliphatic heterocycles. The lowest BCUT2D eigenvalue weighted by molar-refractivity contribution is -0.118. The minimum atomic E-state index is 0.391. The average molecular weight is 215 g/mol. The molecule has 82 valence electrons. The van der Waals surface area contributed by atoms with E-state index in [1.807, 2.05) is 0 Å². The standard InChI is InChI=1S/C11H21NOS/c1-9(2)13-10-7-11(8-10)3-5-12(14)6-4-11/h9-10,14H,3-8H2,1-2H3. The molecule has 0 atom stereocenters. The van der Waals surface area contributed by atoms with Gasteiger partial charge < -0.3 is 4.74 Å². The fourth-order valence-electron chi connectivity index (χ4n) is 2.76. The Balaban J connectivity index is 1.75. The van der Waals surface area contributed by atoms with Crippen molar-refractivity contribution in [3.8, 4) is 0 Å². The number of rotatable bonds is 2. The van der Waals surface area contributed by atoms with Crippen molar-refractivity contribution in [2.75, 3.05) is 13.1 Å². The van der Waals surface area contributed by atoms with Crippen LogP contribution in [0, 0.1) is 5.41 Å². The molecule has 1 aliphatic carbocycles. The Morgan fingerprint density at radius 1 is 1.29 bits per heavy atom. The molecule has 0 aromatic rings. The average Bonchev–Trinajstić information content (AvgIpc) is 2.05. The summed E-state index contributed by atoms with van der Waals surface area (Å²) in [4.78, 5) is 0. The highest BCUT2D eigenvalue weighted by molar-refractivity contribution is 7.77. The van der Waals surface area contributed by atoms with Crippen LogP contribution in [0.1, 0.15) is 39.5 Å². The van der Waals surface area contributed by atoms with Crippen LogP contribution in [0.15, 0.2) is 0 Å². The lowest BCUT2D eigenvalue weighted by atomic mass is 9.61. The van der Waals surface area contributed by atoms with Crippen LogP contribution in [0.3, 0.4) is 0 Å². The van der Waals surface area contributed by atoms with Crippen molar-refractivity contribution in [2.24, 2.45) is 5.41 Å². The van der Waals surface area contributed by atoms with Crippen molar-refractivity contribution in [1.82, 2.24) is 4.31 Å². The van der Waals surface area contributed by atoms with Gasteiger partial charge in [-0.25, -0.2) is 0 Å². The molecule has 1 heterocycles. The van der Waals surface area contributed by atoms with Crippen LogP contribution in [-0.4, -0.2) is 29.6 Å². The molecule has 0 amide bonds. The zero-order valence-corrected chi connectivity index (χ0v) is 10.1. The van der Waals surface area contributed by atoms with Gasteiger partial charge in [-0.3, -0.25) is 4.31 Å². The van der Waals surface area contributed by atoms with Crippen molar-refractivity contribution in [3.05, 3.63) is 0 Å². The number of ether oxygens (including phenoxy) is 1. The van der Waals surface area contributed by atoms with Crippen molar-refractivity contribution >= 4 is 12.8 Å². The van der Waals surface area contributed by atoms with Gasteiger partial charge in [0.1, 0.15) is 0 Å². The topological polar surface area (TPSA) is 12.5 Å². The first-order valence-corrected chi connectivity index (χ1v) is 6.09. The van der Waals surface area contributed by atoms with Gasteiger partial charge in [0.25, 0.3) is 0 Å². The molecule has 2 nitrogen and oxygen atoms in total. The number of hydrogen-bond donors (Lipinski definition) is 1. The highest BCUT2D eigenvalue weighted by atomic mass is 32.1. The lowest BCUT2D eigenvalue weighted by Crippen LogP contribution is -2.48. The number of thiol groups is 1. The van der Waals surface area contributed by atoms with Crippen LogP contribution in [0.4, 0.5) is 0 Å². The summed E-state index contributed by atoms with van der Waals surface area (Å²) in [6.07, 6.45) is 6.13. The minimum Gasteiger partial charge on any atom is -0.376 e. The van der Waals surface area contributed by atoms with E-state index in [1.54, 1.807) is 0 Å². The molecule has 0 unspecified atom stereocenters. The zero-order chi connectivity index (χ0) is 10.2. The van der Waals surface area contributed by atoms with Gasteiger partial charge >= 0.3 is 0 Å². The molecule has 2 fully saturated rings. The lowest BCUT2D eigenvalue weighted by Gasteiger charge is -2.51. The maximum absolute atomic E-state index is 5.81. The number of nitrogens with zero attached hydrogens (tertiary/aromatic N) is 1. The van der Waals surface area contributed by atoms with Crippen LogP contribution >= 0.6 is 12.8 Å². The van der Waals surface area contributed by atoms with Crippen molar-refractivity contribution < 1.29 is 4.74 Å². The van der Waals surface area contributed by atoms with Gasteiger partial charge in [0.15, 0.2) is 0 Å². The van der Waals surface area contributed by atoms with Gasteiger partial charge in [-0.2, -0.15) is 0 Å². The largest absolute Gasteiger partial charge is 0.376 e. The second kappa shape index (κ2) is 4.03. The molecule has 1 saturated heterocycles. The molecule has 0 aromatic carbocycles. The molecule has 0 aromatic heterocycles. The van der Waals surface area contributed by atoms with E-state index in [9.17, 15) is 0 Å². The summed E-state index contributed by atoms with van der Waals surface area (Å²) in [6, 6.07) is 0. The smallest absolute Gasteiger partial charge is 0.0589 e. The molecule has 2 aliphatic rings. The van der Waals surface area contributed by atoms with Crippen LogP contribution < -0.4 is 0 Å². The molecule has 0 N–H and O–H groups in total. The van der Waals surface area contributed by atoms with Gasteiger partial charge in [-0.1, -0.05) is 12.8 Å². The van der Waals surface area contributed by atoms with Crippen molar-refractivity contribution in [3.63, 3.8) is 0 Å². The number of hydrogen-bond acceptors (Lipinski definition) is 3. The fourth-order valence-corrected chi connectivity index (χ4v) is 2.96. The third kappa shape index (κ3) is 2.26. The Hall–Kier alpha value is 0.270. The van der Waals surface area contributed by atoms with Gasteiger partial charge in [-0.15, -0.1) is 0 Å². The Bertz CT molecular complexity index is 191. The van der Waals surface area contributed by atoms with E-state index in [4.69, 9.17) is 4.74 Å². The van der Waals surface area contributed by atoms with E-state index >= 15 is 0 Å². The quantitative estimate of drug-likeness (QED) is 0.711. The second-order valence-electron chi connectivity index (χ2n) is 5.17. The summed E-state index contributed by atoms with van der Waals surface area (Å²) in [5, 5.41) is 0. The van der Waals surface area contributed by atoms with E-state index in [0.717, 1.165) is 13.1 Å². The SMILES string of the molecule is CC(C)OC1CC2(CCN(S)CC2)C1. The maximum Gasteiger partial charge on any atom is 0.0589 e. The van der Waals surface area contributed by atoms with E-state index < -0.39 is 0 Å². The summed E-state index contributed by atoms with van der Waals surface area (Å²) in [5.41, 5.74) is 0.624. The predicted octanol–water partition coefficient (Wildman–Crippen LogP) is 2.50. The fraction of sp³-hybridized carbons (Fsp3) is 1.00. The molecule has 2 rings (SSSR count). The summed E-state index contributed by atoms with van der Waals surface area (Å²) in [5.74, 6) is 0. The number of piperidine rings is 1. The molecule has 1 spiro atoms. The molecule has 14 heavy (non-hydrogen) atoms. The summed E-state index contributed by atoms with van der Waals surface area (Å²) in [6.45, 7) is 6.55. The normalized spacial score (nSPS) is 28.3. The van der Waals surface area contributed by atoms with Gasteiger partial charge in [0.2, 0.25) is 0 Å². The van der Waals surface area contributed by atoms with Crippen molar-refractivity contribution in [2.45, 2.75) is 51.7 Å². The zero-order valence-electron chi connectivity index (χ0n) is 9.20. The first kappa shape index (κ1) is 10.8. The predicted molar refractivity (Wildman–Crippen MR) is 61.5 cm³/mol. The van der Waals surface area contributed by atoms with Crippen molar-refractivity contribution in [1.29, 1.82) is 0 Å². The molecule has 0 radical (unpaired) electrons. The Labute approximate surface area is 92.5 Å². The van der Waals surface area contributed by atoms with Crippen LogP contribution in [0.2, 0.25) is 0 Å². The van der Waals surface area contributed by atoms with Crippen LogP contribution in [0.25, 0.3) is 0 Å². The van der Waals surface area contributed by atoms with E-state index in [2.05, 4.69) is 31.0 Å². The first-order chi connectivity index (χ1) is 6.60. The van der Waals surface area contributed by atoms with E-state index in [0.29, 0.717) is 17.6 Å². The highest BCUT2D eigenvalue weighted by Gasteiger charge is 2.46. The van der Waals surface area contributed by atoms with Gasteiger partial charge in [0.05, 0.1) is 12.2 Å². The molecule has 3 heteroatoms. The Kier molecular flexibility index (Phi) is 3.10. The monoisotopic (exact) mass is 215 g/mol. The first-order valence-electron chi connectivity index (χ1n) is 5.69. The van der Waals surface area contributed by atoms with Gasteiger partial charge in [0, 0.05) is 13.1 Å². The molecule has 0 bridgehead atoms. The Morgan fingerprint density at radius 2 is 1.86 bits per heavy atom. The minimum absolute atomic E-state index is 0.391. The molecule has 1 saturated carbocycles. The molecular weight excluding hydrogens is 194 g/mol. The molecular formula is C11H21NOS. The van der Waals surface area contributed by atoms with Gasteiger partial charge in [-0.05, 0) is 44.9 Å². The second-order valence-corrected chi connectivity index (χ2v) is 5.73. The third-order valence-electron chi connectivity index (χ3n) is 3.59. The highest BCUT2D eigenvalue weighted by Crippen LogP contribution is 2.50. The third-order valence-corrected chi connectivity index (χ3v) is 3.99. The van der Waals surface area contributed by atoms with Crippen LogP contribution in [0.5, 0.6) is 0 Å². The summed E-state index contributed by atoms with van der Waals surface area (Å²) >= 11 is 4.38. The summed E-state index contributed by atoms with van der Waals surface area (Å²) < 4.78 is 7.95.